The van der Waals surface area contributed by atoms with Gasteiger partial charge in [-0.1, -0.05) is 0 Å². The third-order valence-electron chi connectivity index (χ3n) is 10.2. The van der Waals surface area contributed by atoms with Gasteiger partial charge in [-0.3, -0.25) is 34.1 Å². The van der Waals surface area contributed by atoms with Gasteiger partial charge in [0, 0.05) is 78.3 Å². The fourth-order valence-corrected chi connectivity index (χ4v) is 7.03. The summed E-state index contributed by atoms with van der Waals surface area (Å²) < 4.78 is 21.9. The highest BCUT2D eigenvalue weighted by Gasteiger charge is 2.26. The summed E-state index contributed by atoms with van der Waals surface area (Å²) in [6, 6.07) is 8.57. The van der Waals surface area contributed by atoms with Gasteiger partial charge in [-0.25, -0.2) is 4.79 Å². The van der Waals surface area contributed by atoms with E-state index in [1.165, 1.54) is 17.7 Å². The summed E-state index contributed by atoms with van der Waals surface area (Å²) >= 11 is 0. The molecule has 0 saturated heterocycles. The molecule has 4 heterocycles. The van der Waals surface area contributed by atoms with E-state index in [0.717, 1.165) is 38.6 Å². The molecular weight excluding hydrogens is 831 g/mol. The van der Waals surface area contributed by atoms with Crippen LogP contribution in [0.15, 0.2) is 61.2 Å². The van der Waals surface area contributed by atoms with Crippen molar-refractivity contribution >= 4 is 58.0 Å². The molecule has 0 unspecified atom stereocenters. The standard InChI is InChI=1S/C44H53N9O11/c1-48(2)14-10-9-12-37(54)33-18-29(25-50(33)4)46-42(57)35-16-27(23-49(35)3)17-38(55)34-19-30(26-51(34)5)47-43(58)36-20-28(24-52(36)6)45-41(56)13-11-15-64-40-22-32(53(60)61)31(44(59)63-8)21-39(40)62-7/h16,18-26H,9-15,17H2,1-8H3,(H,45,56)(H,46,57)(H,47,58). The van der Waals surface area contributed by atoms with E-state index in [-0.39, 0.29) is 66.1 Å². The van der Waals surface area contributed by atoms with Gasteiger partial charge in [-0.05, 0) is 69.7 Å². The number of ketones is 2. The molecule has 0 saturated carbocycles. The minimum atomic E-state index is -0.909. The number of Topliss-reactive ketones (excluding diaryl/α,β-unsaturated/α-hetero) is 2. The van der Waals surface area contributed by atoms with Crippen molar-refractivity contribution in [3.05, 3.63) is 105 Å². The number of carbonyl (C=O) groups excluding carboxylic acids is 6. The molecule has 0 radical (unpaired) electrons. The number of esters is 1. The number of aryl methyl sites for hydroxylation is 4. The van der Waals surface area contributed by atoms with Crippen molar-refractivity contribution in [2.24, 2.45) is 28.2 Å². The predicted octanol–water partition coefficient (Wildman–Crippen LogP) is 5.39. The first-order valence-corrected chi connectivity index (χ1v) is 20.2. The number of anilines is 3. The molecule has 0 aliphatic rings. The van der Waals surface area contributed by atoms with Gasteiger partial charge in [0.05, 0.1) is 60.3 Å². The number of nitrogens with one attached hydrogen (secondary N) is 3. The number of nitro benzene ring substituents is 1. The van der Waals surface area contributed by atoms with Crippen LogP contribution in [0.5, 0.6) is 11.5 Å². The maximum atomic E-state index is 13.5. The number of amides is 3. The SMILES string of the molecule is COC(=O)c1cc(OC)c(OCCCC(=O)Nc2cc(C(=O)Nc3cc(C(=O)Cc4cc(C(=O)Nc5cc(C(=O)CCCCN(C)C)n(C)c5)n(C)c4)n(C)c3)n(C)c2)cc1[N+](=O)[O-]. The van der Waals surface area contributed by atoms with Gasteiger partial charge in [0.1, 0.15) is 17.0 Å². The number of nitro groups is 1. The molecule has 64 heavy (non-hydrogen) atoms. The smallest absolute Gasteiger partial charge is 0.345 e. The highest BCUT2D eigenvalue weighted by Crippen LogP contribution is 2.35. The van der Waals surface area contributed by atoms with Gasteiger partial charge in [0.2, 0.25) is 5.91 Å². The van der Waals surface area contributed by atoms with E-state index in [1.54, 1.807) is 84.9 Å². The molecule has 5 aromatic rings. The van der Waals surface area contributed by atoms with Crippen LogP contribution in [0.2, 0.25) is 0 Å². The van der Waals surface area contributed by atoms with Crippen LogP contribution in [-0.2, 0) is 44.1 Å². The van der Waals surface area contributed by atoms with Gasteiger partial charge in [0.15, 0.2) is 23.1 Å². The lowest BCUT2D eigenvalue weighted by atomic mass is 10.1. The molecule has 4 aromatic heterocycles. The fourth-order valence-electron chi connectivity index (χ4n) is 7.03. The zero-order chi connectivity index (χ0) is 46.8. The highest BCUT2D eigenvalue weighted by molar-refractivity contribution is 6.07. The maximum Gasteiger partial charge on any atom is 0.345 e. The molecule has 20 nitrogen and oxygen atoms in total. The number of hydrogen-bond acceptors (Lipinski definition) is 12. The van der Waals surface area contributed by atoms with E-state index in [0.29, 0.717) is 46.1 Å². The molecule has 20 heteroatoms. The van der Waals surface area contributed by atoms with Gasteiger partial charge in [0.25, 0.3) is 17.5 Å². The number of hydrogen-bond donors (Lipinski definition) is 3. The van der Waals surface area contributed by atoms with Gasteiger partial charge in [-0.15, -0.1) is 0 Å². The van der Waals surface area contributed by atoms with E-state index in [1.807, 2.05) is 14.1 Å². The van der Waals surface area contributed by atoms with E-state index in [9.17, 15) is 38.9 Å². The number of rotatable bonds is 22. The number of carbonyl (C=O) groups is 6. The van der Waals surface area contributed by atoms with Crippen LogP contribution in [0.3, 0.4) is 0 Å². The normalized spacial score (nSPS) is 11.0. The highest BCUT2D eigenvalue weighted by atomic mass is 16.6. The van der Waals surface area contributed by atoms with Crippen molar-refractivity contribution in [1.29, 1.82) is 0 Å². The summed E-state index contributed by atoms with van der Waals surface area (Å²) in [6.07, 6.45) is 8.87. The van der Waals surface area contributed by atoms with Gasteiger partial charge in [-0.2, -0.15) is 0 Å². The van der Waals surface area contributed by atoms with Crippen LogP contribution in [0.4, 0.5) is 22.7 Å². The Morgan fingerprint density at radius 1 is 0.656 bits per heavy atom. The van der Waals surface area contributed by atoms with Gasteiger partial charge >= 0.3 is 5.97 Å². The Balaban J connectivity index is 1.12. The topological polar surface area (TPSA) is 232 Å². The fraction of sp³-hybridized carbons (Fsp3) is 0.364. The minimum absolute atomic E-state index is 0.00366. The van der Waals surface area contributed by atoms with Crippen molar-refractivity contribution in [2.75, 3.05) is 57.4 Å². The Labute approximate surface area is 369 Å². The van der Waals surface area contributed by atoms with E-state index in [4.69, 9.17) is 9.47 Å². The monoisotopic (exact) mass is 883 g/mol. The van der Waals surface area contributed by atoms with Crippen LogP contribution in [0.25, 0.3) is 0 Å². The molecule has 0 atom stereocenters. The number of nitrogens with zero attached hydrogens (tertiary/aromatic N) is 6. The third-order valence-corrected chi connectivity index (χ3v) is 10.2. The van der Waals surface area contributed by atoms with Crippen molar-refractivity contribution in [3.8, 4) is 11.5 Å². The molecule has 340 valence electrons. The second-order valence-corrected chi connectivity index (χ2v) is 15.5. The maximum absolute atomic E-state index is 13.5. The Morgan fingerprint density at radius 2 is 1.20 bits per heavy atom. The number of unbranched alkanes of at least 4 members (excludes halogenated alkanes) is 1. The molecule has 3 amide bonds. The van der Waals surface area contributed by atoms with E-state index >= 15 is 0 Å². The lowest BCUT2D eigenvalue weighted by Crippen LogP contribution is -2.15. The summed E-state index contributed by atoms with van der Waals surface area (Å²) in [6.45, 7) is 0.894. The molecular formula is C44H53N9O11. The first-order chi connectivity index (χ1) is 30.4. The summed E-state index contributed by atoms with van der Waals surface area (Å²) in [7, 11) is 13.2. The van der Waals surface area contributed by atoms with Crippen molar-refractivity contribution < 1.29 is 47.9 Å². The second-order valence-electron chi connectivity index (χ2n) is 15.5. The average Bonchev–Trinajstić information content (AvgIpc) is 4.01. The first-order valence-electron chi connectivity index (χ1n) is 20.2. The molecule has 3 N–H and O–H groups in total. The molecule has 1 aromatic carbocycles. The molecule has 0 bridgehead atoms. The zero-order valence-corrected chi connectivity index (χ0v) is 37.1. The quantitative estimate of drug-likeness (QED) is 0.0261. The molecule has 0 aliphatic heterocycles. The van der Waals surface area contributed by atoms with Crippen LogP contribution >= 0.6 is 0 Å². The lowest BCUT2D eigenvalue weighted by molar-refractivity contribution is -0.385. The Morgan fingerprint density at radius 3 is 1.78 bits per heavy atom. The predicted molar refractivity (Wildman–Crippen MR) is 237 cm³/mol. The Hall–Kier alpha value is -7.48. The van der Waals surface area contributed by atoms with Crippen LogP contribution in [-0.4, -0.2) is 105 Å². The Bertz CT molecular complexity index is 2580. The summed E-state index contributed by atoms with van der Waals surface area (Å²) in [5.74, 6) is -2.33. The van der Waals surface area contributed by atoms with Crippen molar-refractivity contribution in [3.63, 3.8) is 0 Å². The molecule has 0 aliphatic carbocycles. The summed E-state index contributed by atoms with van der Waals surface area (Å²) in [5.41, 5.74) is 2.38. The van der Waals surface area contributed by atoms with Crippen LogP contribution < -0.4 is 25.4 Å². The third kappa shape index (κ3) is 11.9. The number of benzene rings is 1. The van der Waals surface area contributed by atoms with Crippen molar-refractivity contribution in [2.45, 2.75) is 38.5 Å². The summed E-state index contributed by atoms with van der Waals surface area (Å²) in [4.78, 5) is 90.5. The van der Waals surface area contributed by atoms with Gasteiger partial charge < -0.3 is 53.3 Å². The number of methoxy groups -OCH3 is 2. The lowest BCUT2D eigenvalue weighted by Gasteiger charge is -2.12. The zero-order valence-electron chi connectivity index (χ0n) is 37.1. The number of ether oxygens (including phenoxy) is 3. The second kappa shape index (κ2) is 21.1. The van der Waals surface area contributed by atoms with E-state index in [2.05, 4.69) is 25.6 Å². The average molecular weight is 884 g/mol. The largest absolute Gasteiger partial charge is 0.493 e. The first kappa shape index (κ1) is 47.6. The van der Waals surface area contributed by atoms with E-state index < -0.39 is 28.4 Å². The molecule has 5 rings (SSSR count). The minimum Gasteiger partial charge on any atom is -0.493 e. The summed E-state index contributed by atoms with van der Waals surface area (Å²) in [5, 5.41) is 19.9. The Kier molecular flexibility index (Phi) is 15.7. The number of aromatic nitrogens is 4. The van der Waals surface area contributed by atoms with Crippen LogP contribution in [0, 0.1) is 10.1 Å². The van der Waals surface area contributed by atoms with Crippen molar-refractivity contribution in [1.82, 2.24) is 23.2 Å². The van der Waals surface area contributed by atoms with Crippen LogP contribution in [0.1, 0.15) is 90.0 Å². The molecule has 0 fully saturated rings. The molecule has 0 spiro atoms.